The van der Waals surface area contributed by atoms with Crippen LogP contribution in [0.25, 0.3) is 0 Å². The number of benzene rings is 1. The van der Waals surface area contributed by atoms with E-state index in [1.54, 1.807) is 19.2 Å². The number of ether oxygens (including phenoxy) is 1. The molecule has 0 spiro atoms. The Morgan fingerprint density at radius 1 is 1.56 bits per heavy atom. The van der Waals surface area contributed by atoms with Crippen LogP contribution in [-0.2, 0) is 10.2 Å². The van der Waals surface area contributed by atoms with Gasteiger partial charge in [-0.3, -0.25) is 4.79 Å². The third-order valence-corrected chi connectivity index (χ3v) is 3.31. The first-order chi connectivity index (χ1) is 7.57. The number of methoxy groups -OCH3 is 1. The van der Waals surface area contributed by atoms with Crippen molar-refractivity contribution in [2.75, 3.05) is 7.11 Å². The first kappa shape index (κ1) is 11.3. The summed E-state index contributed by atoms with van der Waals surface area (Å²) in [6.45, 7) is 0. The van der Waals surface area contributed by atoms with Crippen LogP contribution in [0, 0.1) is 0 Å². The van der Waals surface area contributed by atoms with Gasteiger partial charge in [0.25, 0.3) is 0 Å². The lowest BCUT2D eigenvalue weighted by molar-refractivity contribution is -0.137. The smallest absolute Gasteiger partial charge is 0.304 e. The van der Waals surface area contributed by atoms with Crippen molar-refractivity contribution in [2.24, 2.45) is 0 Å². The molecule has 3 nitrogen and oxygen atoms in total. The molecular formula is C12H13ClO3. The maximum atomic E-state index is 10.8. The average molecular weight is 241 g/mol. The second-order valence-electron chi connectivity index (χ2n) is 4.20. The van der Waals surface area contributed by atoms with E-state index in [1.165, 1.54) is 0 Å². The standard InChI is InChI=1S/C12H13ClO3/c1-16-10-6-8(13)2-3-9(10)12(4-5-12)7-11(14)15/h2-3,6H,4-5,7H2,1H3,(H,14,15). The number of carbonyl (C=O) groups is 1. The summed E-state index contributed by atoms with van der Waals surface area (Å²) >= 11 is 5.88. The van der Waals surface area contributed by atoms with E-state index in [1.807, 2.05) is 6.07 Å². The van der Waals surface area contributed by atoms with Gasteiger partial charge in [-0.25, -0.2) is 0 Å². The van der Waals surface area contributed by atoms with Gasteiger partial charge >= 0.3 is 5.97 Å². The molecule has 0 amide bonds. The Bertz CT molecular complexity index is 424. The van der Waals surface area contributed by atoms with Gasteiger partial charge in [0.2, 0.25) is 0 Å². The minimum Gasteiger partial charge on any atom is -0.496 e. The zero-order chi connectivity index (χ0) is 11.8. The minimum absolute atomic E-state index is 0.158. The van der Waals surface area contributed by atoms with Crippen molar-refractivity contribution in [3.63, 3.8) is 0 Å². The highest BCUT2D eigenvalue weighted by Crippen LogP contribution is 2.54. The molecule has 1 N–H and O–H groups in total. The lowest BCUT2D eigenvalue weighted by Crippen LogP contribution is -2.14. The number of rotatable bonds is 4. The molecule has 1 aromatic rings. The highest BCUT2D eigenvalue weighted by molar-refractivity contribution is 6.30. The van der Waals surface area contributed by atoms with E-state index in [2.05, 4.69) is 0 Å². The molecule has 1 saturated carbocycles. The van der Waals surface area contributed by atoms with Crippen molar-refractivity contribution >= 4 is 17.6 Å². The van der Waals surface area contributed by atoms with Gasteiger partial charge in [0.15, 0.2) is 0 Å². The van der Waals surface area contributed by atoms with Crippen molar-refractivity contribution in [2.45, 2.75) is 24.7 Å². The molecule has 0 heterocycles. The average Bonchev–Trinajstić information content (AvgIpc) is 2.97. The summed E-state index contributed by atoms with van der Waals surface area (Å²) in [6.07, 6.45) is 1.96. The Hall–Kier alpha value is -1.22. The van der Waals surface area contributed by atoms with Crippen molar-refractivity contribution in [1.29, 1.82) is 0 Å². The number of halogens is 1. The van der Waals surface area contributed by atoms with E-state index in [9.17, 15) is 4.79 Å². The Morgan fingerprint density at radius 3 is 2.75 bits per heavy atom. The summed E-state index contributed by atoms with van der Waals surface area (Å²) in [5, 5.41) is 9.51. The largest absolute Gasteiger partial charge is 0.496 e. The van der Waals surface area contributed by atoms with Crippen molar-refractivity contribution in [3.8, 4) is 5.75 Å². The molecule has 1 aliphatic carbocycles. The fraction of sp³-hybridized carbons (Fsp3) is 0.417. The molecule has 0 radical (unpaired) electrons. The molecule has 86 valence electrons. The first-order valence-corrected chi connectivity index (χ1v) is 5.51. The van der Waals surface area contributed by atoms with Crippen LogP contribution < -0.4 is 4.74 Å². The van der Waals surface area contributed by atoms with Gasteiger partial charge in [-0.05, 0) is 25.0 Å². The normalized spacial score (nSPS) is 16.9. The molecule has 0 aliphatic heterocycles. The molecule has 0 unspecified atom stereocenters. The molecule has 2 rings (SSSR count). The molecule has 0 atom stereocenters. The van der Waals surface area contributed by atoms with Gasteiger partial charge < -0.3 is 9.84 Å². The van der Waals surface area contributed by atoms with Gasteiger partial charge in [-0.1, -0.05) is 17.7 Å². The van der Waals surface area contributed by atoms with Crippen molar-refractivity contribution in [1.82, 2.24) is 0 Å². The van der Waals surface area contributed by atoms with Crippen LogP contribution in [0.3, 0.4) is 0 Å². The number of hydrogen-bond acceptors (Lipinski definition) is 2. The van der Waals surface area contributed by atoms with E-state index >= 15 is 0 Å². The van der Waals surface area contributed by atoms with E-state index in [-0.39, 0.29) is 11.8 Å². The predicted molar refractivity (Wildman–Crippen MR) is 61.2 cm³/mol. The third kappa shape index (κ3) is 2.00. The van der Waals surface area contributed by atoms with E-state index in [4.69, 9.17) is 21.4 Å². The Kier molecular flexibility index (Phi) is 2.80. The lowest BCUT2D eigenvalue weighted by Gasteiger charge is -2.17. The van der Waals surface area contributed by atoms with Crippen molar-refractivity contribution < 1.29 is 14.6 Å². The van der Waals surface area contributed by atoms with Crippen LogP contribution in [0.2, 0.25) is 5.02 Å². The summed E-state index contributed by atoms with van der Waals surface area (Å²) in [6, 6.07) is 5.39. The quantitative estimate of drug-likeness (QED) is 0.880. The molecular weight excluding hydrogens is 228 g/mol. The van der Waals surface area contributed by atoms with Crippen molar-refractivity contribution in [3.05, 3.63) is 28.8 Å². The highest BCUT2D eigenvalue weighted by atomic mass is 35.5. The molecule has 0 bridgehead atoms. The van der Waals surface area contributed by atoms with Crippen LogP contribution in [0.1, 0.15) is 24.8 Å². The maximum Gasteiger partial charge on any atom is 0.304 e. The topological polar surface area (TPSA) is 46.5 Å². The molecule has 1 aromatic carbocycles. The molecule has 16 heavy (non-hydrogen) atoms. The van der Waals surface area contributed by atoms with Crippen LogP contribution >= 0.6 is 11.6 Å². The Balaban J connectivity index is 2.36. The molecule has 0 saturated heterocycles. The van der Waals surface area contributed by atoms with Crippen LogP contribution in [0.5, 0.6) is 5.75 Å². The van der Waals surface area contributed by atoms with Crippen LogP contribution in [-0.4, -0.2) is 18.2 Å². The predicted octanol–water partition coefficient (Wildman–Crippen LogP) is 2.85. The number of hydrogen-bond donors (Lipinski definition) is 1. The highest BCUT2D eigenvalue weighted by Gasteiger charge is 2.47. The van der Waals surface area contributed by atoms with Gasteiger partial charge in [-0.2, -0.15) is 0 Å². The number of carboxylic acids is 1. The second kappa shape index (κ2) is 3.98. The number of carboxylic acid groups (broad SMARTS) is 1. The molecule has 0 aromatic heterocycles. The second-order valence-corrected chi connectivity index (χ2v) is 4.63. The first-order valence-electron chi connectivity index (χ1n) is 5.13. The third-order valence-electron chi connectivity index (χ3n) is 3.08. The monoisotopic (exact) mass is 240 g/mol. The zero-order valence-corrected chi connectivity index (χ0v) is 9.75. The summed E-state index contributed by atoms with van der Waals surface area (Å²) < 4.78 is 5.26. The minimum atomic E-state index is -0.769. The maximum absolute atomic E-state index is 10.8. The summed E-state index contributed by atoms with van der Waals surface area (Å²) in [5.41, 5.74) is 0.726. The molecule has 1 aliphatic rings. The van der Waals surface area contributed by atoms with Gasteiger partial charge in [0.1, 0.15) is 5.75 Å². The lowest BCUT2D eigenvalue weighted by atomic mass is 9.91. The zero-order valence-electron chi connectivity index (χ0n) is 9.00. The molecule has 4 heteroatoms. The summed E-state index contributed by atoms with van der Waals surface area (Å²) in [4.78, 5) is 10.8. The summed E-state index contributed by atoms with van der Waals surface area (Å²) in [7, 11) is 1.58. The summed E-state index contributed by atoms with van der Waals surface area (Å²) in [5.74, 6) is -0.0826. The van der Waals surface area contributed by atoms with E-state index in [0.29, 0.717) is 10.8 Å². The van der Waals surface area contributed by atoms with Gasteiger partial charge in [-0.15, -0.1) is 0 Å². The Labute approximate surface area is 99.0 Å². The van der Waals surface area contributed by atoms with Crippen LogP contribution in [0.15, 0.2) is 18.2 Å². The van der Waals surface area contributed by atoms with Gasteiger partial charge in [0, 0.05) is 16.0 Å². The number of aliphatic carboxylic acids is 1. The van der Waals surface area contributed by atoms with E-state index < -0.39 is 5.97 Å². The fourth-order valence-electron chi connectivity index (χ4n) is 2.08. The Morgan fingerprint density at radius 2 is 2.25 bits per heavy atom. The SMILES string of the molecule is COc1cc(Cl)ccc1C1(CC(=O)O)CC1. The van der Waals surface area contributed by atoms with Crippen LogP contribution in [0.4, 0.5) is 0 Å². The fourth-order valence-corrected chi connectivity index (χ4v) is 2.25. The van der Waals surface area contributed by atoms with Gasteiger partial charge in [0.05, 0.1) is 13.5 Å². The molecule has 1 fully saturated rings. The van der Waals surface area contributed by atoms with E-state index in [0.717, 1.165) is 18.4 Å².